The van der Waals surface area contributed by atoms with Crippen LogP contribution in [0.25, 0.3) is 0 Å². The molecule has 10 nitrogen and oxygen atoms in total. The minimum atomic E-state index is -3.44. The van der Waals surface area contributed by atoms with Gasteiger partial charge in [-0.3, -0.25) is 19.1 Å². The van der Waals surface area contributed by atoms with Crippen LogP contribution >= 0.6 is 0 Å². The molecule has 1 aromatic rings. The number of carbonyl (C=O) groups excluding carboxylic acids is 1. The molecule has 3 N–H and O–H groups in total. The molecule has 0 bridgehead atoms. The van der Waals surface area contributed by atoms with Crippen LogP contribution in [-0.4, -0.2) is 54.9 Å². The summed E-state index contributed by atoms with van der Waals surface area (Å²) in [7, 11) is -3.44. The molecule has 2 heterocycles. The first kappa shape index (κ1) is 16.9. The van der Waals surface area contributed by atoms with Crippen LogP contribution in [0.4, 0.5) is 0 Å². The van der Waals surface area contributed by atoms with Crippen molar-refractivity contribution in [3.8, 4) is 0 Å². The SMILES string of the molecule is CS(=O)(=O)NC1C(NC(=O)Cn2ccc(=O)[nH]c2=O)C2CCOC21. The molecule has 1 saturated carbocycles. The first-order valence-electron chi connectivity index (χ1n) is 7.42. The van der Waals surface area contributed by atoms with E-state index in [9.17, 15) is 22.8 Å². The maximum Gasteiger partial charge on any atom is 0.328 e. The van der Waals surface area contributed by atoms with Crippen molar-refractivity contribution in [2.24, 2.45) is 5.92 Å². The van der Waals surface area contributed by atoms with E-state index >= 15 is 0 Å². The summed E-state index contributed by atoms with van der Waals surface area (Å²) in [5.41, 5.74) is -1.22. The summed E-state index contributed by atoms with van der Waals surface area (Å²) in [5.74, 6) is -0.402. The number of fused-ring (bicyclic) bond motifs is 1. The van der Waals surface area contributed by atoms with Crippen LogP contribution in [0.2, 0.25) is 0 Å². The molecule has 3 rings (SSSR count). The molecule has 1 saturated heterocycles. The fourth-order valence-electron chi connectivity index (χ4n) is 3.25. The standard InChI is InChI=1S/C13H18N4O6S/c1-24(21,22)16-11-10(7-3-5-23-12(7)11)14-9(19)6-17-4-2-8(18)15-13(17)20/h2,4,7,10-12,16H,3,5-6H2,1H3,(H,14,19)(H,15,18,20). The van der Waals surface area contributed by atoms with E-state index in [2.05, 4.69) is 15.0 Å². The van der Waals surface area contributed by atoms with Crippen molar-refractivity contribution in [2.45, 2.75) is 31.2 Å². The number of carbonyl (C=O) groups is 1. The van der Waals surface area contributed by atoms with E-state index in [0.29, 0.717) is 6.61 Å². The lowest BCUT2D eigenvalue weighted by Crippen LogP contribution is -2.71. The number of nitrogens with zero attached hydrogens (tertiary/aromatic N) is 1. The molecule has 1 aliphatic heterocycles. The second kappa shape index (κ2) is 6.15. The Morgan fingerprint density at radius 2 is 2.17 bits per heavy atom. The number of rotatable bonds is 5. The van der Waals surface area contributed by atoms with Gasteiger partial charge in [0.15, 0.2) is 0 Å². The predicted octanol–water partition coefficient (Wildman–Crippen LogP) is -2.64. The van der Waals surface area contributed by atoms with E-state index in [-0.39, 0.29) is 18.6 Å². The third-order valence-electron chi connectivity index (χ3n) is 4.27. The van der Waals surface area contributed by atoms with Gasteiger partial charge in [-0.05, 0) is 6.42 Å². The number of nitrogens with one attached hydrogen (secondary N) is 3. The number of aromatic nitrogens is 2. The van der Waals surface area contributed by atoms with Gasteiger partial charge < -0.3 is 10.1 Å². The number of hydrogen-bond acceptors (Lipinski definition) is 6. The highest BCUT2D eigenvalue weighted by Crippen LogP contribution is 2.39. The summed E-state index contributed by atoms with van der Waals surface area (Å²) in [6.07, 6.45) is 2.76. The number of ether oxygens (including phenoxy) is 1. The number of H-pyrrole nitrogens is 1. The molecule has 11 heteroatoms. The quantitative estimate of drug-likeness (QED) is 0.526. The van der Waals surface area contributed by atoms with Gasteiger partial charge in [-0.1, -0.05) is 0 Å². The average molecular weight is 358 g/mol. The Bertz CT molecular complexity index is 860. The third-order valence-corrected chi connectivity index (χ3v) is 4.97. The molecular formula is C13H18N4O6S. The fraction of sp³-hybridized carbons (Fsp3) is 0.615. The monoisotopic (exact) mass is 358 g/mol. The van der Waals surface area contributed by atoms with Gasteiger partial charge in [0.05, 0.1) is 24.4 Å². The Morgan fingerprint density at radius 3 is 2.83 bits per heavy atom. The van der Waals surface area contributed by atoms with E-state index in [1.807, 2.05) is 0 Å². The highest BCUT2D eigenvalue weighted by atomic mass is 32.2. The highest BCUT2D eigenvalue weighted by Gasteiger charge is 2.55. The van der Waals surface area contributed by atoms with Crippen molar-refractivity contribution < 1.29 is 17.9 Å². The van der Waals surface area contributed by atoms with Crippen molar-refractivity contribution in [1.29, 1.82) is 0 Å². The summed E-state index contributed by atoms with van der Waals surface area (Å²) >= 11 is 0. The van der Waals surface area contributed by atoms with E-state index in [0.717, 1.165) is 23.3 Å². The molecule has 4 unspecified atom stereocenters. The van der Waals surface area contributed by atoms with E-state index in [1.165, 1.54) is 6.20 Å². The lowest BCUT2D eigenvalue weighted by molar-refractivity contribution is -0.125. The molecule has 2 aliphatic rings. The first-order valence-corrected chi connectivity index (χ1v) is 9.32. The van der Waals surface area contributed by atoms with Gasteiger partial charge in [-0.25, -0.2) is 17.9 Å². The van der Waals surface area contributed by atoms with Crippen LogP contribution in [-0.2, 0) is 26.1 Å². The van der Waals surface area contributed by atoms with E-state index < -0.39 is 39.3 Å². The zero-order chi connectivity index (χ0) is 17.5. The van der Waals surface area contributed by atoms with Crippen molar-refractivity contribution in [1.82, 2.24) is 19.6 Å². The maximum atomic E-state index is 12.2. The van der Waals surface area contributed by atoms with Crippen molar-refractivity contribution >= 4 is 15.9 Å². The van der Waals surface area contributed by atoms with Crippen molar-refractivity contribution in [3.63, 3.8) is 0 Å². The number of sulfonamides is 1. The average Bonchev–Trinajstić information content (AvgIpc) is 2.89. The zero-order valence-corrected chi connectivity index (χ0v) is 13.7. The van der Waals surface area contributed by atoms with Gasteiger partial charge in [0.2, 0.25) is 15.9 Å². The van der Waals surface area contributed by atoms with Crippen molar-refractivity contribution in [2.75, 3.05) is 12.9 Å². The minimum Gasteiger partial charge on any atom is -0.376 e. The number of aromatic amines is 1. The Balaban J connectivity index is 1.68. The molecule has 4 atom stereocenters. The van der Waals surface area contributed by atoms with Gasteiger partial charge in [-0.2, -0.15) is 0 Å². The Labute approximate surface area is 137 Å². The molecule has 0 radical (unpaired) electrons. The van der Waals surface area contributed by atoms with Crippen molar-refractivity contribution in [3.05, 3.63) is 33.1 Å². The van der Waals surface area contributed by atoms with Gasteiger partial charge in [-0.15, -0.1) is 0 Å². The number of hydrogen-bond donors (Lipinski definition) is 3. The van der Waals surface area contributed by atoms with Gasteiger partial charge in [0, 0.05) is 24.8 Å². The normalized spacial score (nSPS) is 28.9. The maximum absolute atomic E-state index is 12.2. The molecule has 1 amide bonds. The van der Waals surface area contributed by atoms with Gasteiger partial charge >= 0.3 is 5.69 Å². The Morgan fingerprint density at radius 1 is 1.42 bits per heavy atom. The van der Waals surface area contributed by atoms with Crippen LogP contribution < -0.4 is 21.3 Å². The molecular weight excluding hydrogens is 340 g/mol. The lowest BCUT2D eigenvalue weighted by Gasteiger charge is -2.47. The van der Waals surface area contributed by atoms with E-state index in [4.69, 9.17) is 4.74 Å². The second-order valence-electron chi connectivity index (χ2n) is 6.04. The third kappa shape index (κ3) is 3.42. The summed E-state index contributed by atoms with van der Waals surface area (Å²) in [5, 5.41) is 2.75. The molecule has 1 aromatic heterocycles. The molecule has 1 aliphatic carbocycles. The first-order chi connectivity index (χ1) is 11.2. The van der Waals surface area contributed by atoms with Gasteiger partial charge in [0.1, 0.15) is 6.54 Å². The second-order valence-corrected chi connectivity index (χ2v) is 7.82. The Kier molecular flexibility index (Phi) is 4.32. The topological polar surface area (TPSA) is 139 Å². The lowest BCUT2D eigenvalue weighted by atomic mass is 9.72. The summed E-state index contributed by atoms with van der Waals surface area (Å²) in [6, 6.07) is 0.231. The van der Waals surface area contributed by atoms with E-state index in [1.54, 1.807) is 0 Å². The highest BCUT2D eigenvalue weighted by molar-refractivity contribution is 7.88. The fourth-order valence-corrected chi connectivity index (χ4v) is 4.02. The van der Waals surface area contributed by atoms with Crippen LogP contribution in [0.5, 0.6) is 0 Å². The molecule has 0 spiro atoms. The zero-order valence-electron chi connectivity index (χ0n) is 12.9. The van der Waals surface area contributed by atoms with Gasteiger partial charge in [0.25, 0.3) is 5.56 Å². The number of amides is 1. The van der Waals surface area contributed by atoms with Crippen LogP contribution in [0.15, 0.2) is 21.9 Å². The molecule has 2 fully saturated rings. The molecule has 24 heavy (non-hydrogen) atoms. The van der Waals surface area contributed by atoms with Crippen LogP contribution in [0, 0.1) is 5.92 Å². The Hall–Kier alpha value is -1.98. The largest absolute Gasteiger partial charge is 0.376 e. The van der Waals surface area contributed by atoms with Crippen LogP contribution in [0.3, 0.4) is 0 Å². The summed E-state index contributed by atoms with van der Waals surface area (Å²) < 4.78 is 32.0. The van der Waals surface area contributed by atoms with Crippen LogP contribution in [0.1, 0.15) is 6.42 Å². The molecule has 132 valence electrons. The minimum absolute atomic E-state index is 0.0421. The molecule has 0 aromatic carbocycles. The summed E-state index contributed by atoms with van der Waals surface area (Å²) in [6.45, 7) is 0.249. The smallest absolute Gasteiger partial charge is 0.328 e. The predicted molar refractivity (Wildman–Crippen MR) is 82.9 cm³/mol. The summed E-state index contributed by atoms with van der Waals surface area (Å²) in [4.78, 5) is 36.8.